The molecule has 8 atom stereocenters. The van der Waals surface area contributed by atoms with E-state index in [4.69, 9.17) is 9.47 Å². The second-order valence-corrected chi connectivity index (χ2v) is 16.0. The third-order valence-corrected chi connectivity index (χ3v) is 10.9. The first kappa shape index (κ1) is 51.6. The summed E-state index contributed by atoms with van der Waals surface area (Å²) in [5.41, 5.74) is 0. The van der Waals surface area contributed by atoms with E-state index < -0.39 is 61.5 Å². The second kappa shape index (κ2) is 35.8. The van der Waals surface area contributed by atoms with E-state index in [0.717, 1.165) is 38.5 Å². The van der Waals surface area contributed by atoms with Gasteiger partial charge in [-0.3, -0.25) is 4.79 Å². The summed E-state index contributed by atoms with van der Waals surface area (Å²) in [6, 6.07) is -0.977. The lowest BCUT2D eigenvalue weighted by molar-refractivity contribution is -0.302. The van der Waals surface area contributed by atoms with E-state index >= 15 is 0 Å². The highest BCUT2D eigenvalue weighted by Gasteiger charge is 2.44. The van der Waals surface area contributed by atoms with E-state index in [9.17, 15) is 35.4 Å². The van der Waals surface area contributed by atoms with Crippen molar-refractivity contribution in [2.24, 2.45) is 0 Å². The van der Waals surface area contributed by atoms with Crippen LogP contribution in [0.15, 0.2) is 24.3 Å². The standard InChI is InChI=1S/C45H85NO9/c1-3-5-7-9-11-13-15-16-17-18-19-20-21-22-24-26-28-30-32-34-39(49)44(53)46-37(36-54-45-43(52)42(51)41(50)40(35-47)55-45)38(48)33-31-29-27-25-23-14-12-10-8-6-4-2/h16-17,31,33,37-43,45,47-52H,3-15,18-30,32,34-36H2,1-2H3,(H,46,53). The van der Waals surface area contributed by atoms with Gasteiger partial charge in [0.15, 0.2) is 6.29 Å². The summed E-state index contributed by atoms with van der Waals surface area (Å²) in [7, 11) is 0. The summed E-state index contributed by atoms with van der Waals surface area (Å²) in [6.45, 7) is 3.58. The van der Waals surface area contributed by atoms with Crippen molar-refractivity contribution in [3.63, 3.8) is 0 Å². The van der Waals surface area contributed by atoms with Crippen LogP contribution in [0.3, 0.4) is 0 Å². The van der Waals surface area contributed by atoms with Crippen LogP contribution in [0, 0.1) is 0 Å². The van der Waals surface area contributed by atoms with Gasteiger partial charge < -0.3 is 45.4 Å². The number of allylic oxidation sites excluding steroid dienone is 3. The number of aliphatic hydroxyl groups excluding tert-OH is 6. The highest BCUT2D eigenvalue weighted by molar-refractivity contribution is 5.80. The van der Waals surface area contributed by atoms with Crippen LogP contribution in [-0.2, 0) is 14.3 Å². The Hall–Kier alpha value is -1.37. The van der Waals surface area contributed by atoms with Gasteiger partial charge in [0.25, 0.3) is 0 Å². The largest absolute Gasteiger partial charge is 0.394 e. The molecular weight excluding hydrogens is 698 g/mol. The van der Waals surface area contributed by atoms with Crippen molar-refractivity contribution in [1.29, 1.82) is 0 Å². The maximum Gasteiger partial charge on any atom is 0.249 e. The number of rotatable bonds is 37. The molecule has 0 aliphatic carbocycles. The van der Waals surface area contributed by atoms with E-state index in [-0.39, 0.29) is 6.61 Å². The predicted octanol–water partition coefficient (Wildman–Crippen LogP) is 8.08. The fourth-order valence-electron chi connectivity index (χ4n) is 7.10. The molecule has 1 rings (SSSR count). The lowest BCUT2D eigenvalue weighted by Gasteiger charge is -2.40. The lowest BCUT2D eigenvalue weighted by Crippen LogP contribution is -2.60. The molecule has 0 bridgehead atoms. The predicted molar refractivity (Wildman–Crippen MR) is 223 cm³/mol. The van der Waals surface area contributed by atoms with Gasteiger partial charge in [-0.15, -0.1) is 0 Å². The molecule has 7 N–H and O–H groups in total. The number of aliphatic hydroxyl groups is 6. The van der Waals surface area contributed by atoms with Gasteiger partial charge >= 0.3 is 0 Å². The molecule has 0 aromatic heterocycles. The molecule has 8 unspecified atom stereocenters. The van der Waals surface area contributed by atoms with Gasteiger partial charge in [-0.1, -0.05) is 173 Å². The van der Waals surface area contributed by atoms with E-state index in [1.807, 2.05) is 6.08 Å². The first-order valence-corrected chi connectivity index (χ1v) is 22.7. The molecule has 10 nitrogen and oxygen atoms in total. The van der Waals surface area contributed by atoms with Crippen LogP contribution in [0.1, 0.15) is 194 Å². The number of unbranched alkanes of at least 4 members (excludes halogenated alkanes) is 24. The fourth-order valence-corrected chi connectivity index (χ4v) is 7.10. The Morgan fingerprint density at radius 1 is 0.618 bits per heavy atom. The van der Waals surface area contributed by atoms with Crippen LogP contribution in [0.25, 0.3) is 0 Å². The number of hydrogen-bond acceptors (Lipinski definition) is 9. The minimum atomic E-state index is -1.61. The smallest absolute Gasteiger partial charge is 0.249 e. The SMILES string of the molecule is CCCCCCCCC=CCCCCCCCCCCCC(O)C(=O)NC(COC1OC(CO)C(O)C(O)C1O)C(O)C=CCCCCCCCCCCC. The Morgan fingerprint density at radius 3 is 1.53 bits per heavy atom. The number of carbonyl (C=O) groups is 1. The monoisotopic (exact) mass is 784 g/mol. The average Bonchev–Trinajstić information content (AvgIpc) is 3.18. The Labute approximate surface area is 335 Å². The summed E-state index contributed by atoms with van der Waals surface area (Å²) in [5.74, 6) is -0.619. The normalized spacial score (nSPS) is 22.1. The molecule has 1 amide bonds. The Kier molecular flexibility index (Phi) is 33.6. The van der Waals surface area contributed by atoms with Gasteiger partial charge in [-0.2, -0.15) is 0 Å². The van der Waals surface area contributed by atoms with Gasteiger partial charge in [0, 0.05) is 0 Å². The van der Waals surface area contributed by atoms with Crippen molar-refractivity contribution in [2.75, 3.05) is 13.2 Å². The maximum atomic E-state index is 13.0. The van der Waals surface area contributed by atoms with E-state index in [0.29, 0.717) is 12.8 Å². The lowest BCUT2D eigenvalue weighted by atomic mass is 9.99. The van der Waals surface area contributed by atoms with Crippen molar-refractivity contribution >= 4 is 5.91 Å². The molecule has 1 fully saturated rings. The van der Waals surface area contributed by atoms with Gasteiger partial charge in [0.05, 0.1) is 25.4 Å². The van der Waals surface area contributed by atoms with Gasteiger partial charge in [0.2, 0.25) is 5.91 Å². The number of hydrogen-bond donors (Lipinski definition) is 7. The van der Waals surface area contributed by atoms with Crippen LogP contribution < -0.4 is 5.32 Å². The molecule has 0 aromatic carbocycles. The molecule has 55 heavy (non-hydrogen) atoms. The van der Waals surface area contributed by atoms with Crippen LogP contribution in [0.5, 0.6) is 0 Å². The van der Waals surface area contributed by atoms with Crippen molar-refractivity contribution in [1.82, 2.24) is 5.32 Å². The van der Waals surface area contributed by atoms with Crippen molar-refractivity contribution in [3.05, 3.63) is 24.3 Å². The van der Waals surface area contributed by atoms with Crippen molar-refractivity contribution in [3.8, 4) is 0 Å². The van der Waals surface area contributed by atoms with Gasteiger partial charge in [0.1, 0.15) is 30.5 Å². The Morgan fingerprint density at radius 2 is 1.05 bits per heavy atom. The highest BCUT2D eigenvalue weighted by atomic mass is 16.7. The van der Waals surface area contributed by atoms with Crippen LogP contribution in [0.2, 0.25) is 0 Å². The Balaban J connectivity index is 2.38. The zero-order valence-corrected chi connectivity index (χ0v) is 35.0. The molecule has 0 radical (unpaired) electrons. The summed E-state index contributed by atoms with van der Waals surface area (Å²) in [6.07, 6.45) is 31.2. The van der Waals surface area contributed by atoms with Crippen molar-refractivity contribution in [2.45, 2.75) is 243 Å². The quantitative estimate of drug-likeness (QED) is 0.0243. The molecule has 0 spiro atoms. The zero-order valence-electron chi connectivity index (χ0n) is 35.0. The minimum absolute atomic E-state index is 0.305. The second-order valence-electron chi connectivity index (χ2n) is 16.0. The summed E-state index contributed by atoms with van der Waals surface area (Å²) in [5, 5.41) is 64.5. The van der Waals surface area contributed by atoms with Crippen molar-refractivity contribution < 1.29 is 44.9 Å². The third-order valence-electron chi connectivity index (χ3n) is 10.9. The van der Waals surface area contributed by atoms with E-state index in [1.54, 1.807) is 6.08 Å². The molecule has 1 aliphatic rings. The number of ether oxygens (including phenoxy) is 2. The molecule has 0 saturated carbocycles. The number of carbonyl (C=O) groups excluding carboxylic acids is 1. The highest BCUT2D eigenvalue weighted by Crippen LogP contribution is 2.22. The topological polar surface area (TPSA) is 169 Å². The van der Waals surface area contributed by atoms with E-state index in [2.05, 4.69) is 31.3 Å². The molecule has 1 aliphatic heterocycles. The van der Waals surface area contributed by atoms with Gasteiger partial charge in [-0.25, -0.2) is 0 Å². The number of nitrogens with one attached hydrogen (secondary N) is 1. The molecule has 324 valence electrons. The first-order valence-electron chi connectivity index (χ1n) is 22.7. The number of amides is 1. The van der Waals surface area contributed by atoms with Crippen LogP contribution in [0.4, 0.5) is 0 Å². The zero-order chi connectivity index (χ0) is 40.4. The Bertz CT molecular complexity index is 932. The van der Waals surface area contributed by atoms with E-state index in [1.165, 1.54) is 128 Å². The molecule has 1 saturated heterocycles. The molecular formula is C45H85NO9. The molecule has 0 aromatic rings. The summed E-state index contributed by atoms with van der Waals surface area (Å²) in [4.78, 5) is 13.0. The van der Waals surface area contributed by atoms with Crippen LogP contribution >= 0.6 is 0 Å². The maximum absolute atomic E-state index is 13.0. The minimum Gasteiger partial charge on any atom is -0.394 e. The molecule has 1 heterocycles. The fraction of sp³-hybridized carbons (Fsp3) is 0.889. The molecule has 10 heteroatoms. The average molecular weight is 784 g/mol. The first-order chi connectivity index (χ1) is 26.8. The summed E-state index contributed by atoms with van der Waals surface area (Å²) < 4.78 is 11.1. The summed E-state index contributed by atoms with van der Waals surface area (Å²) >= 11 is 0. The van der Waals surface area contributed by atoms with Gasteiger partial charge in [-0.05, 0) is 44.9 Å². The third kappa shape index (κ3) is 26.3. The van der Waals surface area contributed by atoms with Crippen LogP contribution in [-0.4, -0.2) is 98.7 Å².